The Kier molecular flexibility index (Phi) is 11.9. The summed E-state index contributed by atoms with van der Waals surface area (Å²) in [6.45, 7) is 3.93. The lowest BCUT2D eigenvalue weighted by atomic mass is 10.1. The molecule has 0 aliphatic rings. The number of carboxylic acids is 1. The molecular formula is C21H37N2O6P. The van der Waals surface area contributed by atoms with E-state index in [1.165, 1.54) is 0 Å². The molecule has 1 amide bonds. The number of aliphatic carboxylic acids is 1. The van der Waals surface area contributed by atoms with Crippen molar-refractivity contribution < 1.29 is 30.1 Å². The zero-order valence-electron chi connectivity index (χ0n) is 17.8. The summed E-state index contributed by atoms with van der Waals surface area (Å²) in [7, 11) is -4.41. The molecule has 0 radical (unpaired) electrons. The molecule has 8 nitrogen and oxygen atoms in total. The third-order valence-corrected chi connectivity index (χ3v) is 6.73. The van der Waals surface area contributed by atoms with Gasteiger partial charge in [-0.3, -0.25) is 13.9 Å². The van der Waals surface area contributed by atoms with E-state index in [1.54, 1.807) is 13.8 Å². The first-order chi connectivity index (χ1) is 14.2. The Labute approximate surface area is 180 Å². The van der Waals surface area contributed by atoms with Crippen LogP contribution in [0.1, 0.15) is 59.4 Å². The molecule has 1 rings (SSSR count). The molecule has 1 aromatic carbocycles. The highest BCUT2D eigenvalue weighted by molar-refractivity contribution is 7.53. The maximum Gasteiger partial charge on any atom is 0.351 e. The number of hydrogen-bond donors (Lipinski definition) is 4. The number of amides is 1. The van der Waals surface area contributed by atoms with Gasteiger partial charge in [-0.15, -0.1) is 0 Å². The van der Waals surface area contributed by atoms with Gasteiger partial charge in [-0.05, 0) is 37.3 Å². The minimum Gasteiger partial charge on any atom is -0.479 e. The summed E-state index contributed by atoms with van der Waals surface area (Å²) in [6, 6.07) is 9.44. The fourth-order valence-electron chi connectivity index (χ4n) is 3.06. The number of rotatable bonds is 15. The quantitative estimate of drug-likeness (QED) is 0.240. The molecule has 0 aliphatic heterocycles. The fraction of sp³-hybridized carbons (Fsp3) is 0.619. The van der Waals surface area contributed by atoms with Crippen LogP contribution in [0.3, 0.4) is 0 Å². The van der Waals surface area contributed by atoms with Crippen molar-refractivity contribution >= 4 is 19.5 Å². The Morgan fingerprint density at radius 1 is 1.17 bits per heavy atom. The number of nitrogens with two attached hydrogens (primary N) is 1. The third kappa shape index (κ3) is 9.85. The highest BCUT2D eigenvalue weighted by Crippen LogP contribution is 2.50. The van der Waals surface area contributed by atoms with Gasteiger partial charge in [0.2, 0.25) is 5.91 Å². The van der Waals surface area contributed by atoms with E-state index in [0.717, 1.165) is 24.8 Å². The van der Waals surface area contributed by atoms with E-state index in [9.17, 15) is 24.2 Å². The molecule has 0 spiro atoms. The van der Waals surface area contributed by atoms with E-state index < -0.39 is 31.4 Å². The zero-order chi connectivity index (χ0) is 22.6. The number of hydrogen-bond acceptors (Lipinski definition) is 5. The molecule has 3 unspecified atom stereocenters. The van der Waals surface area contributed by atoms with Crippen molar-refractivity contribution in [1.29, 1.82) is 0 Å². The second kappa shape index (κ2) is 13.5. The first-order valence-electron chi connectivity index (χ1n) is 10.4. The molecular weight excluding hydrogens is 407 g/mol. The van der Waals surface area contributed by atoms with Gasteiger partial charge in [0.15, 0.2) is 6.10 Å². The summed E-state index contributed by atoms with van der Waals surface area (Å²) in [5, 5.41) is 12.0. The maximum atomic E-state index is 12.9. The average Bonchev–Trinajstić information content (AvgIpc) is 2.69. The maximum absolute atomic E-state index is 12.9. The van der Waals surface area contributed by atoms with Gasteiger partial charge < -0.3 is 21.1 Å². The van der Waals surface area contributed by atoms with Crippen molar-refractivity contribution in [1.82, 2.24) is 5.32 Å². The molecule has 0 saturated carbocycles. The standard InChI is InChI=1S/C21H35N2O6P.H2/c1-16(2)20(23-19(24)14-13-17-10-6-5-7-11-17)30(27,28)29-18(21(25)26)12-8-3-4-9-15-22;/h5-7,10-11,16,18,20H,3-4,8-9,12-15,22H2,1-2H3,(H,23,24)(H,25,26)(H,27,28);1H. The van der Waals surface area contributed by atoms with Crippen molar-refractivity contribution in [3.8, 4) is 0 Å². The Hall–Kier alpha value is -1.73. The molecule has 172 valence electrons. The number of nitrogens with one attached hydrogen (secondary N) is 1. The number of carbonyl (C=O) groups is 2. The van der Waals surface area contributed by atoms with Crippen LogP contribution in [0.15, 0.2) is 30.3 Å². The van der Waals surface area contributed by atoms with Gasteiger partial charge in [0.05, 0.1) is 0 Å². The van der Waals surface area contributed by atoms with Gasteiger partial charge in [-0.2, -0.15) is 0 Å². The van der Waals surface area contributed by atoms with Gasteiger partial charge in [0.25, 0.3) is 0 Å². The number of benzene rings is 1. The third-order valence-electron chi connectivity index (χ3n) is 4.75. The Bertz CT molecular complexity index is 704. The lowest BCUT2D eigenvalue weighted by Gasteiger charge is -2.28. The van der Waals surface area contributed by atoms with Crippen LogP contribution in [0, 0.1) is 5.92 Å². The van der Waals surface area contributed by atoms with E-state index >= 15 is 0 Å². The van der Waals surface area contributed by atoms with Crippen molar-refractivity contribution in [2.45, 2.75) is 70.7 Å². The predicted octanol–water partition coefficient (Wildman–Crippen LogP) is 3.53. The van der Waals surface area contributed by atoms with Crippen LogP contribution in [0.25, 0.3) is 0 Å². The number of carboxylic acid groups (broad SMARTS) is 1. The number of carbonyl (C=O) groups excluding carboxylic acids is 1. The SMILES string of the molecule is CC(C)C(NC(=O)CCc1ccccc1)P(=O)(O)OC(CCCCCCN)C(=O)O.[HH]. The van der Waals surface area contributed by atoms with Gasteiger partial charge in [0, 0.05) is 7.85 Å². The molecule has 30 heavy (non-hydrogen) atoms. The Balaban J connectivity index is 0.00000900. The fourth-order valence-corrected chi connectivity index (χ4v) is 4.81. The van der Waals surface area contributed by atoms with Crippen LogP contribution in [0.4, 0.5) is 0 Å². The zero-order valence-corrected chi connectivity index (χ0v) is 18.7. The molecule has 1 aromatic rings. The van der Waals surface area contributed by atoms with Crippen molar-refractivity contribution in [2.75, 3.05) is 6.54 Å². The summed E-state index contributed by atoms with van der Waals surface area (Å²) < 4.78 is 18.0. The van der Waals surface area contributed by atoms with Crippen LogP contribution < -0.4 is 11.1 Å². The van der Waals surface area contributed by atoms with Gasteiger partial charge in [0.1, 0.15) is 5.78 Å². The number of aryl methyl sites for hydroxylation is 1. The molecule has 3 atom stereocenters. The molecule has 9 heteroatoms. The summed E-state index contributed by atoms with van der Waals surface area (Å²) in [4.78, 5) is 34.3. The topological polar surface area (TPSA) is 139 Å². The normalized spacial score (nSPS) is 15.4. The Morgan fingerprint density at radius 3 is 2.37 bits per heavy atom. The molecule has 0 heterocycles. The Morgan fingerprint density at radius 2 is 1.80 bits per heavy atom. The van der Waals surface area contributed by atoms with E-state index in [4.69, 9.17) is 10.3 Å². The molecule has 0 saturated heterocycles. The van der Waals surface area contributed by atoms with Crippen LogP contribution in [-0.4, -0.2) is 40.3 Å². The lowest BCUT2D eigenvalue weighted by molar-refractivity contribution is -0.145. The van der Waals surface area contributed by atoms with Gasteiger partial charge in [-0.1, -0.05) is 63.4 Å². The molecule has 0 fully saturated rings. The van der Waals surface area contributed by atoms with Crippen molar-refractivity contribution in [3.63, 3.8) is 0 Å². The summed E-state index contributed by atoms with van der Waals surface area (Å²) >= 11 is 0. The average molecular weight is 445 g/mol. The lowest BCUT2D eigenvalue weighted by Crippen LogP contribution is -2.40. The minimum absolute atomic E-state index is 0. The summed E-state index contributed by atoms with van der Waals surface area (Å²) in [5.41, 5.74) is 6.42. The van der Waals surface area contributed by atoms with E-state index in [0.29, 0.717) is 19.4 Å². The highest BCUT2D eigenvalue weighted by atomic mass is 31.2. The first-order valence-corrected chi connectivity index (χ1v) is 12.1. The predicted molar refractivity (Wildman–Crippen MR) is 118 cm³/mol. The molecule has 0 aromatic heterocycles. The van der Waals surface area contributed by atoms with Crippen LogP contribution in [0.2, 0.25) is 0 Å². The van der Waals surface area contributed by atoms with Gasteiger partial charge >= 0.3 is 13.6 Å². The van der Waals surface area contributed by atoms with Crippen molar-refractivity contribution in [2.24, 2.45) is 11.7 Å². The van der Waals surface area contributed by atoms with Crippen LogP contribution >= 0.6 is 7.60 Å². The van der Waals surface area contributed by atoms with Crippen LogP contribution in [-0.2, 0) is 25.1 Å². The van der Waals surface area contributed by atoms with E-state index in [1.807, 2.05) is 30.3 Å². The van der Waals surface area contributed by atoms with E-state index in [-0.39, 0.29) is 20.2 Å². The second-order valence-electron chi connectivity index (χ2n) is 7.73. The molecule has 0 aliphatic carbocycles. The molecule has 0 bridgehead atoms. The summed E-state index contributed by atoms with van der Waals surface area (Å²) in [6.07, 6.45) is 2.40. The van der Waals surface area contributed by atoms with Crippen molar-refractivity contribution in [3.05, 3.63) is 35.9 Å². The highest BCUT2D eigenvalue weighted by Gasteiger charge is 2.40. The van der Waals surface area contributed by atoms with Gasteiger partial charge in [-0.25, -0.2) is 4.79 Å². The largest absolute Gasteiger partial charge is 0.479 e. The summed E-state index contributed by atoms with van der Waals surface area (Å²) in [5.74, 6) is -3.27. The smallest absolute Gasteiger partial charge is 0.351 e. The van der Waals surface area contributed by atoms with E-state index in [2.05, 4.69) is 5.32 Å². The molecule has 5 N–H and O–H groups in total. The number of unbranched alkanes of at least 4 members (excludes halogenated alkanes) is 3. The minimum atomic E-state index is -4.41. The first kappa shape index (κ1) is 26.3. The second-order valence-corrected chi connectivity index (χ2v) is 9.63. The van der Waals surface area contributed by atoms with Crippen LogP contribution in [0.5, 0.6) is 0 Å². The monoisotopic (exact) mass is 444 g/mol.